The highest BCUT2D eigenvalue weighted by Gasteiger charge is 2.09. The second-order valence-corrected chi connectivity index (χ2v) is 2.40. The second-order valence-electron chi connectivity index (χ2n) is 1.99. The van der Waals surface area contributed by atoms with E-state index in [1.807, 2.05) is 0 Å². The van der Waals surface area contributed by atoms with Gasteiger partial charge in [0.05, 0.1) is 5.03 Å². The van der Waals surface area contributed by atoms with Gasteiger partial charge in [0.1, 0.15) is 5.83 Å². The van der Waals surface area contributed by atoms with Crippen LogP contribution >= 0.6 is 11.6 Å². The summed E-state index contributed by atoms with van der Waals surface area (Å²) in [4.78, 5) is 0. The predicted molar refractivity (Wildman–Crippen MR) is 36.7 cm³/mol. The lowest BCUT2D eigenvalue weighted by Crippen LogP contribution is -1.90. The quantitative estimate of drug-likeness (QED) is 0.492. The number of halogens is 2. The molecule has 1 aliphatic rings. The first-order chi connectivity index (χ1) is 4.22. The Kier molecular flexibility index (Phi) is 1.91. The van der Waals surface area contributed by atoms with Gasteiger partial charge in [0.15, 0.2) is 0 Å². The molecule has 0 nitrogen and oxygen atoms in total. The van der Waals surface area contributed by atoms with Gasteiger partial charge in [-0.15, -0.1) is 0 Å². The summed E-state index contributed by atoms with van der Waals surface area (Å²) < 4.78 is 12.6. The molecule has 0 fully saturated rings. The Balaban J connectivity index is 2.88. The van der Waals surface area contributed by atoms with Crippen molar-refractivity contribution in [1.82, 2.24) is 0 Å². The summed E-state index contributed by atoms with van der Waals surface area (Å²) >= 11 is 5.47. The first-order valence-electron chi connectivity index (χ1n) is 2.77. The average molecular weight is 146 g/mol. The van der Waals surface area contributed by atoms with Gasteiger partial charge in [-0.25, -0.2) is 4.39 Å². The molecule has 0 atom stereocenters. The lowest BCUT2D eigenvalue weighted by molar-refractivity contribution is 0.641. The third-order valence-corrected chi connectivity index (χ3v) is 1.60. The van der Waals surface area contributed by atoms with Crippen LogP contribution in [0.5, 0.6) is 0 Å². The van der Waals surface area contributed by atoms with Crippen molar-refractivity contribution in [2.75, 3.05) is 0 Å². The van der Waals surface area contributed by atoms with E-state index in [2.05, 4.69) is 0 Å². The number of allylic oxidation sites excluding steroid dienone is 4. The first kappa shape index (κ1) is 6.81. The summed E-state index contributed by atoms with van der Waals surface area (Å²) in [7, 11) is 0. The van der Waals surface area contributed by atoms with Crippen molar-refractivity contribution >= 4 is 11.6 Å². The van der Waals surface area contributed by atoms with E-state index in [4.69, 9.17) is 11.6 Å². The minimum Gasteiger partial charge on any atom is -0.205 e. The van der Waals surface area contributed by atoms with E-state index >= 15 is 0 Å². The molecule has 0 unspecified atom stereocenters. The van der Waals surface area contributed by atoms with Gasteiger partial charge in [-0.3, -0.25) is 0 Å². The minimum atomic E-state index is -0.289. The van der Waals surface area contributed by atoms with Gasteiger partial charge in [-0.1, -0.05) is 17.7 Å². The second kappa shape index (κ2) is 2.53. The van der Waals surface area contributed by atoms with Crippen LogP contribution < -0.4 is 0 Å². The molecule has 49 valence electrons. The van der Waals surface area contributed by atoms with Crippen LogP contribution in [-0.2, 0) is 0 Å². The van der Waals surface area contributed by atoms with Crippen LogP contribution in [0.3, 0.4) is 0 Å². The van der Waals surface area contributed by atoms with Gasteiger partial charge >= 0.3 is 0 Å². The Hall–Kier alpha value is -0.300. The Bertz CT molecular complexity index is 179. The van der Waals surface area contributed by atoms with Crippen LogP contribution in [0.15, 0.2) is 22.5 Å². The minimum absolute atomic E-state index is 0.245. The SMILES string of the molecule is CC1=CC[CH]C(Cl)=C1F. The zero-order valence-electron chi connectivity index (χ0n) is 5.12. The molecule has 0 aromatic carbocycles. The van der Waals surface area contributed by atoms with E-state index in [9.17, 15) is 4.39 Å². The van der Waals surface area contributed by atoms with Crippen molar-refractivity contribution in [3.05, 3.63) is 28.9 Å². The Morgan fingerprint density at radius 3 is 2.78 bits per heavy atom. The van der Waals surface area contributed by atoms with Gasteiger partial charge in [0.2, 0.25) is 0 Å². The smallest absolute Gasteiger partial charge is 0.140 e. The molecule has 1 aliphatic carbocycles. The summed E-state index contributed by atoms with van der Waals surface area (Å²) in [5.41, 5.74) is 0.641. The average Bonchev–Trinajstić information content (AvgIpc) is 1.83. The number of hydrogen-bond donors (Lipinski definition) is 0. The van der Waals surface area contributed by atoms with E-state index in [1.54, 1.807) is 19.4 Å². The van der Waals surface area contributed by atoms with Crippen molar-refractivity contribution in [1.29, 1.82) is 0 Å². The standard InChI is InChI=1S/C7H7ClF/c1-5-3-2-4-6(8)7(5)9/h3-4H,2H2,1H3. The van der Waals surface area contributed by atoms with E-state index < -0.39 is 0 Å². The van der Waals surface area contributed by atoms with Crippen LogP contribution in [0.1, 0.15) is 13.3 Å². The highest BCUT2D eigenvalue weighted by molar-refractivity contribution is 6.31. The summed E-state index contributed by atoms with van der Waals surface area (Å²) in [6.07, 6.45) is 4.21. The van der Waals surface area contributed by atoms with Crippen molar-refractivity contribution < 1.29 is 4.39 Å². The van der Waals surface area contributed by atoms with Crippen LogP contribution in [0, 0.1) is 6.42 Å². The highest BCUT2D eigenvalue weighted by Crippen LogP contribution is 2.27. The molecule has 0 bridgehead atoms. The van der Waals surface area contributed by atoms with Crippen molar-refractivity contribution in [3.8, 4) is 0 Å². The third kappa shape index (κ3) is 1.33. The van der Waals surface area contributed by atoms with Crippen LogP contribution in [0.4, 0.5) is 4.39 Å². The summed E-state index contributed by atoms with van der Waals surface area (Å²) in [5, 5.41) is 0.245. The monoisotopic (exact) mass is 145 g/mol. The Labute approximate surface area is 59.0 Å². The molecule has 0 amide bonds. The molecule has 0 aliphatic heterocycles. The fourth-order valence-electron chi connectivity index (χ4n) is 0.707. The highest BCUT2D eigenvalue weighted by atomic mass is 35.5. The molecule has 1 rings (SSSR count). The van der Waals surface area contributed by atoms with Gasteiger partial charge in [-0.2, -0.15) is 0 Å². The maximum absolute atomic E-state index is 12.6. The van der Waals surface area contributed by atoms with Gasteiger partial charge in [-0.05, 0) is 18.9 Å². The van der Waals surface area contributed by atoms with E-state index in [-0.39, 0.29) is 10.9 Å². The molecular formula is C7H7ClF. The maximum atomic E-state index is 12.6. The Morgan fingerprint density at radius 2 is 2.33 bits per heavy atom. The first-order valence-corrected chi connectivity index (χ1v) is 3.15. The largest absolute Gasteiger partial charge is 0.205 e. The molecule has 2 heteroatoms. The van der Waals surface area contributed by atoms with Gasteiger partial charge in [0, 0.05) is 6.42 Å². The molecule has 0 aromatic rings. The topological polar surface area (TPSA) is 0 Å². The summed E-state index contributed by atoms with van der Waals surface area (Å²) in [5.74, 6) is -0.289. The van der Waals surface area contributed by atoms with Gasteiger partial charge in [0.25, 0.3) is 0 Å². The molecule has 1 radical (unpaired) electrons. The molecule has 0 saturated carbocycles. The van der Waals surface area contributed by atoms with Crippen molar-refractivity contribution in [2.45, 2.75) is 13.3 Å². The zero-order valence-corrected chi connectivity index (χ0v) is 5.87. The lowest BCUT2D eigenvalue weighted by atomic mass is 10.1. The van der Waals surface area contributed by atoms with Crippen molar-refractivity contribution in [2.24, 2.45) is 0 Å². The predicted octanol–water partition coefficient (Wildman–Crippen LogP) is 2.96. The van der Waals surface area contributed by atoms with Gasteiger partial charge < -0.3 is 0 Å². The normalized spacial score (nSPS) is 20.1. The van der Waals surface area contributed by atoms with E-state index in [1.165, 1.54) is 0 Å². The van der Waals surface area contributed by atoms with E-state index in [0.717, 1.165) is 6.42 Å². The van der Waals surface area contributed by atoms with Crippen LogP contribution in [0.25, 0.3) is 0 Å². The fraction of sp³-hybridized carbons (Fsp3) is 0.286. The fourth-order valence-corrected chi connectivity index (χ4v) is 0.945. The molecule has 0 saturated heterocycles. The van der Waals surface area contributed by atoms with Crippen LogP contribution in [0.2, 0.25) is 0 Å². The van der Waals surface area contributed by atoms with Crippen molar-refractivity contribution in [3.63, 3.8) is 0 Å². The molecule has 0 spiro atoms. The molecule has 0 heterocycles. The maximum Gasteiger partial charge on any atom is 0.140 e. The summed E-state index contributed by atoms with van der Waals surface area (Å²) in [6, 6.07) is 0. The number of rotatable bonds is 0. The molecule has 0 N–H and O–H groups in total. The molecule has 9 heavy (non-hydrogen) atoms. The molecular weight excluding hydrogens is 139 g/mol. The zero-order chi connectivity index (χ0) is 6.85. The number of hydrogen-bond acceptors (Lipinski definition) is 0. The summed E-state index contributed by atoms with van der Waals surface area (Å²) in [6.45, 7) is 1.71. The molecule has 0 aromatic heterocycles. The van der Waals surface area contributed by atoms with Crippen LogP contribution in [-0.4, -0.2) is 0 Å². The Morgan fingerprint density at radius 1 is 1.67 bits per heavy atom. The van der Waals surface area contributed by atoms with E-state index in [0.29, 0.717) is 5.57 Å². The lowest BCUT2D eigenvalue weighted by Gasteiger charge is -2.06. The third-order valence-electron chi connectivity index (χ3n) is 1.28.